The molecule has 164 valence electrons. The van der Waals surface area contributed by atoms with E-state index in [1.165, 1.54) is 16.7 Å². The van der Waals surface area contributed by atoms with E-state index in [1.807, 2.05) is 4.90 Å². The van der Waals surface area contributed by atoms with E-state index in [-0.39, 0.29) is 5.91 Å². The van der Waals surface area contributed by atoms with Crippen LogP contribution in [0.3, 0.4) is 0 Å². The zero-order valence-electron chi connectivity index (χ0n) is 18.1. The van der Waals surface area contributed by atoms with Gasteiger partial charge >= 0.3 is 0 Å². The maximum Gasteiger partial charge on any atom is 0.270 e. The van der Waals surface area contributed by atoms with Gasteiger partial charge in [0.1, 0.15) is 5.69 Å². The molecule has 1 amide bonds. The van der Waals surface area contributed by atoms with Gasteiger partial charge in [-0.25, -0.2) is 0 Å². The second kappa shape index (κ2) is 9.22. The number of aryl methyl sites for hydroxylation is 1. The van der Waals surface area contributed by atoms with E-state index in [1.54, 1.807) is 11.3 Å². The molecule has 0 saturated carbocycles. The van der Waals surface area contributed by atoms with E-state index < -0.39 is 0 Å². The molecule has 1 aliphatic rings. The number of fused-ring (bicyclic) bond motifs is 1. The molecular weight excluding hydrogens is 482 g/mol. The van der Waals surface area contributed by atoms with Crippen molar-refractivity contribution in [3.8, 4) is 0 Å². The Kier molecular flexibility index (Phi) is 6.17. The van der Waals surface area contributed by atoms with E-state index in [0.29, 0.717) is 6.54 Å². The van der Waals surface area contributed by atoms with Crippen LogP contribution in [0.25, 0.3) is 10.2 Å². The maximum absolute atomic E-state index is 13.6. The molecule has 5 rings (SSSR count). The van der Waals surface area contributed by atoms with Crippen molar-refractivity contribution >= 4 is 43.4 Å². The number of aromatic nitrogens is 1. The fourth-order valence-electron chi connectivity index (χ4n) is 4.43. The van der Waals surface area contributed by atoms with Crippen molar-refractivity contribution in [3.05, 3.63) is 92.9 Å². The number of rotatable bonds is 5. The van der Waals surface area contributed by atoms with Crippen LogP contribution < -0.4 is 0 Å². The third-order valence-electron chi connectivity index (χ3n) is 6.28. The molecule has 0 aliphatic carbocycles. The van der Waals surface area contributed by atoms with Crippen LogP contribution in [0.4, 0.5) is 0 Å². The second-order valence-electron chi connectivity index (χ2n) is 8.40. The Morgan fingerprint density at radius 2 is 1.66 bits per heavy atom. The summed E-state index contributed by atoms with van der Waals surface area (Å²) in [5.41, 5.74) is 5.73. The van der Waals surface area contributed by atoms with Gasteiger partial charge in [0.25, 0.3) is 5.91 Å². The molecule has 6 heteroatoms. The molecule has 1 fully saturated rings. The van der Waals surface area contributed by atoms with E-state index in [0.717, 1.165) is 52.4 Å². The summed E-state index contributed by atoms with van der Waals surface area (Å²) >= 11 is 5.30. The number of amides is 1. The first-order valence-electron chi connectivity index (χ1n) is 11.0. The lowest BCUT2D eigenvalue weighted by Crippen LogP contribution is -2.48. The third kappa shape index (κ3) is 4.40. The van der Waals surface area contributed by atoms with Crippen LogP contribution in [0.2, 0.25) is 0 Å². The zero-order valence-corrected chi connectivity index (χ0v) is 20.5. The summed E-state index contributed by atoms with van der Waals surface area (Å²) in [6.07, 6.45) is 0. The van der Waals surface area contributed by atoms with Gasteiger partial charge in [0.05, 0.1) is 14.0 Å². The molecule has 32 heavy (non-hydrogen) atoms. The van der Waals surface area contributed by atoms with Crippen molar-refractivity contribution in [3.63, 3.8) is 0 Å². The fourth-order valence-corrected chi connectivity index (χ4v) is 5.99. The lowest BCUT2D eigenvalue weighted by molar-refractivity contribution is 0.0619. The SMILES string of the molecule is Cc1ccccc1Cn1c(C(=O)N2CCN(Cc3ccccc3)CC2)cc2sc(Br)cc21. The minimum Gasteiger partial charge on any atom is -0.335 e. The standard InChI is InChI=1S/C26H26BrN3OS/c1-19-7-5-6-10-21(19)18-30-22-16-25(27)32-24(22)15-23(30)26(31)29-13-11-28(12-14-29)17-20-8-3-2-4-9-20/h2-10,15-16H,11-14,17-18H2,1H3. The highest BCUT2D eigenvalue weighted by Gasteiger charge is 2.26. The fraction of sp³-hybridized carbons (Fsp3) is 0.269. The number of thiophene rings is 1. The summed E-state index contributed by atoms with van der Waals surface area (Å²) in [5, 5.41) is 0. The molecule has 0 bridgehead atoms. The minimum absolute atomic E-state index is 0.137. The number of nitrogens with zero attached hydrogens (tertiary/aromatic N) is 3. The first-order valence-corrected chi connectivity index (χ1v) is 12.6. The van der Waals surface area contributed by atoms with Crippen LogP contribution in [0.15, 0.2) is 70.5 Å². The van der Waals surface area contributed by atoms with Gasteiger partial charge < -0.3 is 9.47 Å². The highest BCUT2D eigenvalue weighted by molar-refractivity contribution is 9.11. The number of piperazine rings is 1. The molecule has 1 aliphatic heterocycles. The Bertz CT molecular complexity index is 1240. The van der Waals surface area contributed by atoms with Crippen molar-refractivity contribution in [1.82, 2.24) is 14.4 Å². The Hall–Kier alpha value is -2.41. The first-order chi connectivity index (χ1) is 15.6. The molecule has 2 aromatic heterocycles. The number of carbonyl (C=O) groups is 1. The normalized spacial score (nSPS) is 14.9. The molecule has 0 atom stereocenters. The number of benzene rings is 2. The Balaban J connectivity index is 1.36. The monoisotopic (exact) mass is 507 g/mol. The molecule has 0 radical (unpaired) electrons. The van der Waals surface area contributed by atoms with Crippen LogP contribution in [0.1, 0.15) is 27.2 Å². The lowest BCUT2D eigenvalue weighted by atomic mass is 10.1. The van der Waals surface area contributed by atoms with Crippen LogP contribution in [0, 0.1) is 6.92 Å². The summed E-state index contributed by atoms with van der Waals surface area (Å²) in [5.74, 6) is 0.137. The predicted octanol–water partition coefficient (Wildman–Crippen LogP) is 5.78. The molecule has 4 nitrogen and oxygen atoms in total. The van der Waals surface area contributed by atoms with Crippen LogP contribution in [-0.2, 0) is 13.1 Å². The average Bonchev–Trinajstić information content (AvgIpc) is 3.33. The zero-order chi connectivity index (χ0) is 22.1. The van der Waals surface area contributed by atoms with Gasteiger partial charge in [-0.15, -0.1) is 11.3 Å². The molecule has 2 aromatic carbocycles. The summed E-state index contributed by atoms with van der Waals surface area (Å²) in [6.45, 7) is 7.10. The van der Waals surface area contributed by atoms with Gasteiger partial charge in [-0.1, -0.05) is 54.6 Å². The number of hydrogen-bond donors (Lipinski definition) is 0. The van der Waals surface area contributed by atoms with E-state index in [9.17, 15) is 4.79 Å². The maximum atomic E-state index is 13.6. The van der Waals surface area contributed by atoms with Gasteiger partial charge in [-0.3, -0.25) is 9.69 Å². The topological polar surface area (TPSA) is 28.5 Å². The summed E-state index contributed by atoms with van der Waals surface area (Å²) in [4.78, 5) is 18.0. The molecule has 0 spiro atoms. The molecule has 1 saturated heterocycles. The molecule has 0 unspecified atom stereocenters. The predicted molar refractivity (Wildman–Crippen MR) is 135 cm³/mol. The second-order valence-corrected chi connectivity index (χ2v) is 10.9. The molecular formula is C26H26BrN3OS. The van der Waals surface area contributed by atoms with E-state index in [4.69, 9.17) is 0 Å². The quantitative estimate of drug-likeness (QED) is 0.342. The number of hydrogen-bond acceptors (Lipinski definition) is 3. The Morgan fingerprint density at radius 3 is 2.41 bits per heavy atom. The van der Waals surface area contributed by atoms with Crippen LogP contribution in [-0.4, -0.2) is 46.5 Å². The Labute approximate surface area is 201 Å². The van der Waals surface area contributed by atoms with Crippen LogP contribution >= 0.6 is 27.3 Å². The first kappa shape index (κ1) is 21.4. The van der Waals surface area contributed by atoms with Crippen LogP contribution in [0.5, 0.6) is 0 Å². The number of halogens is 1. The third-order valence-corrected chi connectivity index (χ3v) is 7.85. The molecule has 0 N–H and O–H groups in total. The summed E-state index contributed by atoms with van der Waals surface area (Å²) in [7, 11) is 0. The molecule has 4 aromatic rings. The highest BCUT2D eigenvalue weighted by Crippen LogP contribution is 2.33. The van der Waals surface area contributed by atoms with E-state index >= 15 is 0 Å². The average molecular weight is 508 g/mol. The minimum atomic E-state index is 0.137. The lowest BCUT2D eigenvalue weighted by Gasteiger charge is -2.35. The van der Waals surface area contributed by atoms with Gasteiger partial charge in [-0.2, -0.15) is 0 Å². The number of carbonyl (C=O) groups excluding carboxylic acids is 1. The van der Waals surface area contributed by atoms with E-state index in [2.05, 4.69) is 99.1 Å². The largest absolute Gasteiger partial charge is 0.335 e. The molecule has 3 heterocycles. The van der Waals surface area contributed by atoms with Crippen molar-refractivity contribution in [2.45, 2.75) is 20.0 Å². The van der Waals surface area contributed by atoms with Crippen molar-refractivity contribution < 1.29 is 4.79 Å². The van der Waals surface area contributed by atoms with Gasteiger partial charge in [0.15, 0.2) is 0 Å². The summed E-state index contributed by atoms with van der Waals surface area (Å²) < 4.78 is 4.43. The van der Waals surface area contributed by atoms with Gasteiger partial charge in [0, 0.05) is 39.3 Å². The van der Waals surface area contributed by atoms with Crippen molar-refractivity contribution in [2.75, 3.05) is 26.2 Å². The smallest absolute Gasteiger partial charge is 0.270 e. The summed E-state index contributed by atoms with van der Waals surface area (Å²) in [6, 6.07) is 23.2. The van der Waals surface area contributed by atoms with Crippen molar-refractivity contribution in [2.24, 2.45) is 0 Å². The van der Waals surface area contributed by atoms with Crippen molar-refractivity contribution in [1.29, 1.82) is 0 Å². The highest BCUT2D eigenvalue weighted by atomic mass is 79.9. The van der Waals surface area contributed by atoms with Gasteiger partial charge in [-0.05, 0) is 51.7 Å². The Morgan fingerprint density at radius 1 is 0.938 bits per heavy atom. The van der Waals surface area contributed by atoms with Gasteiger partial charge in [0.2, 0.25) is 0 Å².